The van der Waals surface area contributed by atoms with Crippen molar-refractivity contribution in [1.29, 1.82) is 0 Å². The van der Waals surface area contributed by atoms with Crippen LogP contribution in [0.15, 0.2) is 65.8 Å². The smallest absolute Gasteiger partial charge is 0.394 e. The molecule has 1 aliphatic heterocycles. The molecule has 0 aliphatic carbocycles. The molecule has 2 heterocycles. The minimum atomic E-state index is -4.47. The van der Waals surface area contributed by atoms with E-state index in [2.05, 4.69) is 15.3 Å². The summed E-state index contributed by atoms with van der Waals surface area (Å²) in [6, 6.07) is 9.00. The number of hydrogen-bond acceptors (Lipinski definition) is 9. The number of amides is 2. The number of hydroxylamine groups is 2. The summed E-state index contributed by atoms with van der Waals surface area (Å²) in [5.74, 6) is -1.25. The van der Waals surface area contributed by atoms with E-state index in [1.165, 1.54) is 69.9 Å². The lowest BCUT2D eigenvalue weighted by Gasteiger charge is -2.26. The Balaban J connectivity index is 1.51. The van der Waals surface area contributed by atoms with E-state index in [0.29, 0.717) is 11.1 Å². The van der Waals surface area contributed by atoms with Gasteiger partial charge in [-0.25, -0.2) is 23.4 Å². The molecule has 2 N–H and O–H groups in total. The number of benzene rings is 2. The van der Waals surface area contributed by atoms with Gasteiger partial charge in [-0.1, -0.05) is 31.2 Å². The van der Waals surface area contributed by atoms with E-state index in [1.807, 2.05) is 0 Å². The van der Waals surface area contributed by atoms with Crippen LogP contribution in [0, 0.1) is 0 Å². The van der Waals surface area contributed by atoms with Gasteiger partial charge in [0.2, 0.25) is 5.95 Å². The zero-order chi connectivity index (χ0) is 32.2. The highest BCUT2D eigenvalue weighted by molar-refractivity contribution is 7.91. The Morgan fingerprint density at radius 2 is 1.73 bits per heavy atom. The molecule has 4 rings (SSSR count). The molecule has 15 heteroatoms. The molecule has 1 fully saturated rings. The third-order valence-electron chi connectivity index (χ3n) is 7.55. The van der Waals surface area contributed by atoms with Crippen LogP contribution in [0.25, 0.3) is 0 Å². The number of anilines is 1. The molecule has 11 nitrogen and oxygen atoms in total. The highest BCUT2D eigenvalue weighted by Gasteiger charge is 2.41. The first kappa shape index (κ1) is 32.8. The van der Waals surface area contributed by atoms with Gasteiger partial charge in [0.15, 0.2) is 9.84 Å². The maximum absolute atomic E-state index is 13.1. The van der Waals surface area contributed by atoms with Crippen LogP contribution in [0.2, 0.25) is 0 Å². The normalized spacial score (nSPS) is 17.8. The van der Waals surface area contributed by atoms with Crippen molar-refractivity contribution in [2.24, 2.45) is 0 Å². The summed E-state index contributed by atoms with van der Waals surface area (Å²) >= 11 is 0. The van der Waals surface area contributed by atoms with Crippen molar-refractivity contribution >= 4 is 27.6 Å². The number of halogens is 3. The summed E-state index contributed by atoms with van der Waals surface area (Å²) in [7, 11) is -0.641. The van der Waals surface area contributed by atoms with Gasteiger partial charge in [-0.15, -0.1) is 0 Å². The van der Waals surface area contributed by atoms with E-state index in [-0.39, 0.29) is 41.0 Å². The number of nitrogens with one attached hydrogen (secondary N) is 1. The van der Waals surface area contributed by atoms with Crippen LogP contribution in [0.3, 0.4) is 0 Å². The van der Waals surface area contributed by atoms with Crippen molar-refractivity contribution in [2.75, 3.05) is 38.0 Å². The summed E-state index contributed by atoms with van der Waals surface area (Å²) in [6.07, 6.45) is -1.69. The van der Waals surface area contributed by atoms with Gasteiger partial charge in [-0.2, -0.15) is 13.2 Å². The number of carbonyl (C=O) groups excluding carboxylic acids is 2. The Labute approximate surface area is 252 Å². The summed E-state index contributed by atoms with van der Waals surface area (Å²) in [4.78, 5) is 41.5. The fourth-order valence-electron chi connectivity index (χ4n) is 4.91. The minimum Gasteiger partial charge on any atom is -0.394 e. The molecule has 0 saturated carbocycles. The molecule has 2 aromatic carbocycles. The highest BCUT2D eigenvalue weighted by Crippen LogP contribution is 2.36. The number of nitrogens with zero attached hydrogens (tertiary/aromatic N) is 4. The zero-order valence-electron chi connectivity index (χ0n) is 24.2. The number of hydrogen-bond donors (Lipinski definition) is 2. The van der Waals surface area contributed by atoms with Gasteiger partial charge in [0.25, 0.3) is 11.8 Å². The van der Waals surface area contributed by atoms with E-state index in [0.717, 1.165) is 17.2 Å². The predicted octanol–water partition coefficient (Wildman–Crippen LogP) is 3.13. The maximum Gasteiger partial charge on any atom is 0.416 e. The molecule has 1 aromatic heterocycles. The van der Waals surface area contributed by atoms with Crippen LogP contribution in [-0.4, -0.2) is 79.5 Å². The van der Waals surface area contributed by atoms with Crippen molar-refractivity contribution in [3.63, 3.8) is 0 Å². The number of aromatic nitrogens is 2. The Morgan fingerprint density at radius 1 is 1.11 bits per heavy atom. The molecule has 1 unspecified atom stereocenters. The van der Waals surface area contributed by atoms with Crippen LogP contribution in [0.4, 0.5) is 19.1 Å². The van der Waals surface area contributed by atoms with Crippen LogP contribution in [0.1, 0.15) is 52.4 Å². The van der Waals surface area contributed by atoms with E-state index in [9.17, 15) is 36.3 Å². The van der Waals surface area contributed by atoms with Crippen LogP contribution < -0.4 is 10.2 Å². The van der Waals surface area contributed by atoms with Crippen molar-refractivity contribution in [1.82, 2.24) is 20.3 Å². The average molecular weight is 636 g/mol. The molecule has 0 spiro atoms. The van der Waals surface area contributed by atoms with Gasteiger partial charge in [0, 0.05) is 31.9 Å². The van der Waals surface area contributed by atoms with E-state index >= 15 is 0 Å². The average Bonchev–Trinajstić information content (AvgIpc) is 3.48. The van der Waals surface area contributed by atoms with Crippen molar-refractivity contribution < 1.29 is 41.1 Å². The van der Waals surface area contributed by atoms with E-state index < -0.39 is 52.1 Å². The lowest BCUT2D eigenvalue weighted by Crippen LogP contribution is -2.44. The quantitative estimate of drug-likeness (QED) is 0.322. The third kappa shape index (κ3) is 7.17. The fourth-order valence-corrected chi connectivity index (χ4v) is 5.80. The predicted molar refractivity (Wildman–Crippen MR) is 153 cm³/mol. The third-order valence-corrected chi connectivity index (χ3v) is 9.30. The lowest BCUT2D eigenvalue weighted by atomic mass is 9.95. The second-order valence-electron chi connectivity index (χ2n) is 10.2. The lowest BCUT2D eigenvalue weighted by molar-refractivity contribution is -0.170. The molecule has 0 radical (unpaired) electrons. The summed E-state index contributed by atoms with van der Waals surface area (Å²) < 4.78 is 63.3. The molecule has 1 saturated heterocycles. The van der Waals surface area contributed by atoms with Crippen LogP contribution in [0.5, 0.6) is 0 Å². The number of aliphatic hydroxyl groups excluding tert-OH is 1. The van der Waals surface area contributed by atoms with Gasteiger partial charge in [-0.05, 0) is 41.8 Å². The molecule has 3 atom stereocenters. The number of alkyl halides is 3. The first-order valence-corrected chi connectivity index (χ1v) is 15.3. The molecule has 1 aliphatic rings. The van der Waals surface area contributed by atoms with Crippen LogP contribution >= 0.6 is 0 Å². The summed E-state index contributed by atoms with van der Waals surface area (Å²) in [5.41, 5.74) is 0.394. The summed E-state index contributed by atoms with van der Waals surface area (Å²) in [6.45, 7) is 1.30. The molecule has 236 valence electrons. The Hall–Kier alpha value is -4.08. The Bertz CT molecular complexity index is 1570. The number of likely N-dealkylation sites (N-methyl/N-ethyl adjacent to an activating group) is 1. The molecular formula is C29H32F3N5O6S. The van der Waals surface area contributed by atoms with Gasteiger partial charge >= 0.3 is 6.18 Å². The monoisotopic (exact) mass is 635 g/mol. The van der Waals surface area contributed by atoms with E-state index in [4.69, 9.17) is 4.84 Å². The molecule has 2 amide bonds. The zero-order valence-corrected chi connectivity index (χ0v) is 25.0. The second-order valence-corrected chi connectivity index (χ2v) is 12.5. The number of rotatable bonds is 10. The largest absolute Gasteiger partial charge is 0.416 e. The van der Waals surface area contributed by atoms with Crippen molar-refractivity contribution in [3.8, 4) is 0 Å². The standard InChI is InChI=1S/C29H32F3N5O6S/c1-4-44(41,42)23-11-7-19(8-12-23)24(17-38)35-26(39)21-14-33-28(34-15-21)37-16-20(13-25(37)27(40)36(2)43-3)18-5-9-22(10-6-18)29(30,31)32/h5-12,14-15,20,24-25,38H,4,13,16-17H2,1-3H3,(H,35,39)/t20?,24-,25-/m0/s1. The minimum absolute atomic E-state index is 0.0619. The summed E-state index contributed by atoms with van der Waals surface area (Å²) in [5, 5.41) is 13.6. The van der Waals surface area contributed by atoms with Crippen molar-refractivity contribution in [2.45, 2.75) is 42.4 Å². The first-order valence-electron chi connectivity index (χ1n) is 13.6. The number of sulfone groups is 1. The molecular weight excluding hydrogens is 603 g/mol. The Morgan fingerprint density at radius 3 is 2.25 bits per heavy atom. The Kier molecular flexibility index (Phi) is 9.91. The topological polar surface area (TPSA) is 142 Å². The molecule has 0 bridgehead atoms. The first-order chi connectivity index (χ1) is 20.8. The number of carbonyl (C=O) groups is 2. The van der Waals surface area contributed by atoms with Gasteiger partial charge in [0.05, 0.1) is 41.5 Å². The van der Waals surface area contributed by atoms with Crippen LogP contribution in [-0.2, 0) is 25.6 Å². The fraction of sp³-hybridized carbons (Fsp3) is 0.379. The SMILES string of the molecule is CCS(=O)(=O)c1ccc([C@H](CO)NC(=O)c2cnc(N3CC(c4ccc(C(F)(F)F)cc4)C[C@H]3C(=O)N(C)OC)nc2)cc1. The highest BCUT2D eigenvalue weighted by atomic mass is 32.2. The van der Waals surface area contributed by atoms with E-state index in [1.54, 1.807) is 4.90 Å². The van der Waals surface area contributed by atoms with Gasteiger partial charge in [-0.3, -0.25) is 14.4 Å². The molecule has 3 aromatic rings. The second kappa shape index (κ2) is 13.3. The number of aliphatic hydroxyl groups is 1. The van der Waals surface area contributed by atoms with Crippen molar-refractivity contribution in [3.05, 3.63) is 83.2 Å². The van der Waals surface area contributed by atoms with Gasteiger partial charge < -0.3 is 15.3 Å². The molecule has 44 heavy (non-hydrogen) atoms. The maximum atomic E-state index is 13.1. The van der Waals surface area contributed by atoms with Gasteiger partial charge in [0.1, 0.15) is 6.04 Å².